The third-order valence-electron chi connectivity index (χ3n) is 3.50. The van der Waals surface area contributed by atoms with Crippen molar-refractivity contribution in [1.82, 2.24) is 10.2 Å². The summed E-state index contributed by atoms with van der Waals surface area (Å²) in [7, 11) is 0. The number of rotatable bonds is 1. The summed E-state index contributed by atoms with van der Waals surface area (Å²) in [5.74, 6) is -4.51. The van der Waals surface area contributed by atoms with Gasteiger partial charge in [0.1, 0.15) is 11.4 Å². The second kappa shape index (κ2) is 3.71. The van der Waals surface area contributed by atoms with Gasteiger partial charge >= 0.3 is 0 Å². The van der Waals surface area contributed by atoms with Crippen molar-refractivity contribution in [2.45, 2.75) is 39.0 Å². The van der Waals surface area contributed by atoms with Gasteiger partial charge in [-0.25, -0.2) is 8.78 Å². The van der Waals surface area contributed by atoms with Gasteiger partial charge in [0.05, 0.1) is 0 Å². The monoisotopic (exact) mass is 250 g/mol. The van der Waals surface area contributed by atoms with E-state index < -0.39 is 35.6 Å². The van der Waals surface area contributed by atoms with E-state index in [-0.39, 0.29) is 11.5 Å². The fourth-order valence-electron chi connectivity index (χ4n) is 2.74. The largest absolute Gasteiger partial charge is 0.295 e. The summed E-state index contributed by atoms with van der Waals surface area (Å²) in [5.41, 5.74) is -0.833. The highest BCUT2D eigenvalue weighted by molar-refractivity contribution is 5.46. The number of nitrogens with zero attached hydrogens (tertiary/aromatic N) is 1. The first kappa shape index (κ1) is 12.4. The summed E-state index contributed by atoms with van der Waals surface area (Å²) in [6.07, 6.45) is -2.76. The molecule has 2 aliphatic carbocycles. The van der Waals surface area contributed by atoms with Crippen molar-refractivity contribution in [1.29, 1.82) is 0 Å². The number of alkyl halides is 4. The molecule has 6 heteroatoms. The average Bonchev–Trinajstić information content (AvgIpc) is 2.70. The van der Waals surface area contributed by atoms with Crippen molar-refractivity contribution >= 4 is 0 Å². The highest BCUT2D eigenvalue weighted by Gasteiger charge is 2.71. The van der Waals surface area contributed by atoms with E-state index in [1.807, 2.05) is 18.9 Å². The Morgan fingerprint density at radius 2 is 1.88 bits per heavy atom. The standard InChI is InChI=1S/C9H8F4N2.C2H6/c1-2-3-4-6(8(10)11)14-15-7(4)9(12,13)5(2)3;1-2/h2-3,5,8H,1H3,(H,14,15);1-2H3/t2?,3-,5-;/m1./s1. The first-order valence-electron chi connectivity index (χ1n) is 5.70. The number of fused-ring (bicyclic) bond motifs is 3. The van der Waals surface area contributed by atoms with Gasteiger partial charge in [-0.05, 0) is 5.92 Å². The molecular weight excluding hydrogens is 236 g/mol. The molecule has 3 atom stereocenters. The quantitative estimate of drug-likeness (QED) is 0.754. The highest BCUT2D eigenvalue weighted by Crippen LogP contribution is 2.71. The molecule has 0 aliphatic heterocycles. The number of hydrogen-bond donors (Lipinski definition) is 1. The van der Waals surface area contributed by atoms with E-state index in [0.29, 0.717) is 0 Å². The summed E-state index contributed by atoms with van der Waals surface area (Å²) < 4.78 is 52.2. The van der Waals surface area contributed by atoms with Crippen LogP contribution in [0.4, 0.5) is 17.6 Å². The minimum atomic E-state index is -3.04. The van der Waals surface area contributed by atoms with Gasteiger partial charge in [-0.1, -0.05) is 20.8 Å². The number of halogens is 4. The number of nitrogens with one attached hydrogen (secondary N) is 1. The number of aromatic nitrogens is 2. The molecule has 0 radical (unpaired) electrons. The van der Waals surface area contributed by atoms with Crippen LogP contribution in [0.15, 0.2) is 0 Å². The van der Waals surface area contributed by atoms with Crippen LogP contribution in [0.3, 0.4) is 0 Å². The van der Waals surface area contributed by atoms with Gasteiger partial charge in [0.2, 0.25) is 0 Å². The molecule has 1 aromatic heterocycles. The van der Waals surface area contributed by atoms with Crippen LogP contribution in [-0.4, -0.2) is 10.2 Å². The summed E-state index contributed by atoms with van der Waals surface area (Å²) in [6.45, 7) is 5.66. The molecule has 17 heavy (non-hydrogen) atoms. The van der Waals surface area contributed by atoms with Crippen molar-refractivity contribution in [3.05, 3.63) is 17.0 Å². The van der Waals surface area contributed by atoms with Crippen LogP contribution in [0.5, 0.6) is 0 Å². The average molecular weight is 250 g/mol. The number of aromatic amines is 1. The molecule has 2 nitrogen and oxygen atoms in total. The Morgan fingerprint density at radius 3 is 2.41 bits per heavy atom. The molecule has 0 spiro atoms. The van der Waals surface area contributed by atoms with Crippen LogP contribution < -0.4 is 0 Å². The van der Waals surface area contributed by atoms with Gasteiger partial charge in [-0.15, -0.1) is 0 Å². The van der Waals surface area contributed by atoms with E-state index in [9.17, 15) is 17.6 Å². The fourth-order valence-corrected chi connectivity index (χ4v) is 2.74. The molecule has 1 unspecified atom stereocenters. The molecular formula is C11H14F4N2. The van der Waals surface area contributed by atoms with Crippen LogP contribution in [0.25, 0.3) is 0 Å². The molecule has 0 bridgehead atoms. The lowest BCUT2D eigenvalue weighted by atomic mass is 10.1. The molecule has 3 rings (SSSR count). The van der Waals surface area contributed by atoms with E-state index in [1.54, 1.807) is 6.92 Å². The van der Waals surface area contributed by atoms with E-state index in [1.165, 1.54) is 0 Å². The normalized spacial score (nSPS) is 31.6. The molecule has 0 aromatic carbocycles. The molecule has 1 aromatic rings. The van der Waals surface area contributed by atoms with Gasteiger partial charge < -0.3 is 0 Å². The predicted octanol–water partition coefficient (Wildman–Crippen LogP) is 3.83. The molecule has 2 aliphatic rings. The van der Waals surface area contributed by atoms with E-state index in [0.717, 1.165) is 0 Å². The van der Waals surface area contributed by atoms with Crippen LogP contribution in [0.2, 0.25) is 0 Å². The Hall–Kier alpha value is -1.07. The van der Waals surface area contributed by atoms with Gasteiger partial charge in [0.25, 0.3) is 12.3 Å². The Morgan fingerprint density at radius 1 is 1.29 bits per heavy atom. The third kappa shape index (κ3) is 1.42. The summed E-state index contributed by atoms with van der Waals surface area (Å²) in [5, 5.41) is 5.36. The van der Waals surface area contributed by atoms with Crippen molar-refractivity contribution in [2.75, 3.05) is 0 Å². The number of hydrogen-bond acceptors (Lipinski definition) is 1. The van der Waals surface area contributed by atoms with Crippen LogP contribution >= 0.6 is 0 Å². The molecule has 0 amide bonds. The van der Waals surface area contributed by atoms with Crippen molar-refractivity contribution < 1.29 is 17.6 Å². The SMILES string of the molecule is CC.CC1[C@@H]2[C@H]1c1c(n[nH]c1C(F)F)C2(F)F. The van der Waals surface area contributed by atoms with Gasteiger partial charge in [0.15, 0.2) is 0 Å². The Labute approximate surface area is 96.4 Å². The van der Waals surface area contributed by atoms with E-state index in [2.05, 4.69) is 5.10 Å². The minimum absolute atomic E-state index is 0.0625. The molecule has 1 fully saturated rings. The summed E-state index contributed by atoms with van der Waals surface area (Å²) in [6, 6.07) is 0. The first-order valence-corrected chi connectivity index (χ1v) is 5.70. The third-order valence-corrected chi connectivity index (χ3v) is 3.50. The zero-order chi connectivity index (χ0) is 13.0. The maximum absolute atomic E-state index is 13.6. The summed E-state index contributed by atoms with van der Waals surface area (Å²) >= 11 is 0. The van der Waals surface area contributed by atoms with Crippen LogP contribution in [0, 0.1) is 11.8 Å². The lowest BCUT2D eigenvalue weighted by Crippen LogP contribution is -2.16. The second-order valence-electron chi connectivity index (χ2n) is 4.23. The molecule has 96 valence electrons. The van der Waals surface area contributed by atoms with Gasteiger partial charge in [-0.3, -0.25) is 5.10 Å². The predicted molar refractivity (Wildman–Crippen MR) is 54.2 cm³/mol. The Balaban J connectivity index is 0.000000514. The molecule has 0 saturated heterocycles. The molecule has 1 saturated carbocycles. The minimum Gasteiger partial charge on any atom is -0.276 e. The van der Waals surface area contributed by atoms with Gasteiger partial charge in [-0.2, -0.15) is 13.9 Å². The fraction of sp³-hybridized carbons (Fsp3) is 0.727. The lowest BCUT2D eigenvalue weighted by Gasteiger charge is -2.10. The van der Waals surface area contributed by atoms with Crippen LogP contribution in [0.1, 0.15) is 50.1 Å². The Kier molecular flexibility index (Phi) is 2.71. The maximum atomic E-state index is 13.6. The highest BCUT2D eigenvalue weighted by atomic mass is 19.3. The second-order valence-corrected chi connectivity index (χ2v) is 4.23. The van der Waals surface area contributed by atoms with E-state index in [4.69, 9.17) is 0 Å². The zero-order valence-electron chi connectivity index (χ0n) is 9.77. The van der Waals surface area contributed by atoms with Crippen molar-refractivity contribution in [3.8, 4) is 0 Å². The first-order chi connectivity index (χ1) is 7.96. The molecule has 1 N–H and O–H groups in total. The number of H-pyrrole nitrogens is 1. The molecule has 1 heterocycles. The van der Waals surface area contributed by atoms with Crippen molar-refractivity contribution in [2.24, 2.45) is 11.8 Å². The van der Waals surface area contributed by atoms with E-state index >= 15 is 0 Å². The topological polar surface area (TPSA) is 28.7 Å². The lowest BCUT2D eigenvalue weighted by molar-refractivity contribution is -0.0317. The van der Waals surface area contributed by atoms with Crippen molar-refractivity contribution in [3.63, 3.8) is 0 Å². The van der Waals surface area contributed by atoms with Crippen LogP contribution in [-0.2, 0) is 5.92 Å². The zero-order valence-corrected chi connectivity index (χ0v) is 9.77. The summed E-state index contributed by atoms with van der Waals surface area (Å²) in [4.78, 5) is 0. The Bertz CT molecular complexity index is 427. The smallest absolute Gasteiger partial charge is 0.276 e. The maximum Gasteiger partial charge on any atom is 0.295 e. The van der Waals surface area contributed by atoms with Gasteiger partial charge in [0, 0.05) is 17.4 Å².